The summed E-state index contributed by atoms with van der Waals surface area (Å²) in [6.45, 7) is 3.49. The van der Waals surface area contributed by atoms with E-state index in [2.05, 4.69) is 0 Å². The quantitative estimate of drug-likeness (QED) is 0.782. The first-order valence-electron chi connectivity index (χ1n) is 7.73. The molecule has 0 bridgehead atoms. The zero-order valence-electron chi connectivity index (χ0n) is 14.2. The van der Waals surface area contributed by atoms with Crippen molar-refractivity contribution in [1.29, 1.82) is 0 Å². The van der Waals surface area contributed by atoms with E-state index in [9.17, 15) is 27.6 Å². The molecule has 0 aliphatic carbocycles. The molecule has 27 heavy (non-hydrogen) atoms. The molecule has 1 aromatic carbocycles. The van der Waals surface area contributed by atoms with Crippen molar-refractivity contribution in [2.45, 2.75) is 25.7 Å². The summed E-state index contributed by atoms with van der Waals surface area (Å²) in [5.74, 6) is -2.73. The highest BCUT2D eigenvalue weighted by atomic mass is 32.1. The number of carbonyl (C=O) groups is 3. The summed E-state index contributed by atoms with van der Waals surface area (Å²) in [7, 11) is 0. The van der Waals surface area contributed by atoms with E-state index in [-0.39, 0.29) is 10.6 Å². The molecule has 6 nitrogen and oxygen atoms in total. The number of hydrogen-bond donors (Lipinski definition) is 2. The first kappa shape index (κ1) is 18.9. The summed E-state index contributed by atoms with van der Waals surface area (Å²) in [5, 5.41) is 4.79. The lowest BCUT2D eigenvalue weighted by Gasteiger charge is -2.29. The number of urea groups is 1. The van der Waals surface area contributed by atoms with Gasteiger partial charge in [0.15, 0.2) is 0 Å². The fraction of sp³-hybridized carbons (Fsp3) is 0.235. The molecule has 0 unspecified atom stereocenters. The van der Waals surface area contributed by atoms with Crippen molar-refractivity contribution >= 4 is 34.9 Å². The average molecular weight is 397 g/mol. The monoisotopic (exact) mass is 397 g/mol. The van der Waals surface area contributed by atoms with E-state index >= 15 is 0 Å². The minimum absolute atomic E-state index is 0.0166. The van der Waals surface area contributed by atoms with Gasteiger partial charge in [0.25, 0.3) is 17.5 Å². The number of nitrogens with one attached hydrogen (secondary N) is 2. The number of rotatable bonds is 3. The van der Waals surface area contributed by atoms with Gasteiger partial charge in [-0.3, -0.25) is 14.9 Å². The number of alkyl halides is 3. The van der Waals surface area contributed by atoms with Crippen molar-refractivity contribution in [2.75, 3.05) is 4.90 Å². The zero-order valence-corrected chi connectivity index (χ0v) is 15.0. The normalized spacial score (nSPS) is 20.0. The van der Waals surface area contributed by atoms with Crippen LogP contribution in [0.4, 0.5) is 23.7 Å². The lowest BCUT2D eigenvalue weighted by molar-refractivity contribution is -0.197. The number of amides is 4. The third kappa shape index (κ3) is 3.05. The minimum Gasteiger partial charge on any atom is -0.313 e. The molecule has 1 aliphatic rings. The molecule has 1 fully saturated rings. The molecule has 0 saturated carbocycles. The predicted octanol–water partition coefficient (Wildman–Crippen LogP) is 3.11. The Morgan fingerprint density at radius 1 is 1.19 bits per heavy atom. The summed E-state index contributed by atoms with van der Waals surface area (Å²) in [5.41, 5.74) is -2.01. The highest BCUT2D eigenvalue weighted by Crippen LogP contribution is 2.36. The van der Waals surface area contributed by atoms with Gasteiger partial charge < -0.3 is 5.32 Å². The highest BCUT2D eigenvalue weighted by Gasteiger charge is 2.69. The molecule has 2 N–H and O–H groups in total. The summed E-state index contributed by atoms with van der Waals surface area (Å²) < 4.78 is 41.4. The van der Waals surface area contributed by atoms with Gasteiger partial charge in [0.05, 0.1) is 10.6 Å². The van der Waals surface area contributed by atoms with Gasteiger partial charge in [0, 0.05) is 0 Å². The molecule has 1 aromatic heterocycles. The Kier molecular flexibility index (Phi) is 4.46. The molecule has 0 radical (unpaired) electrons. The Labute approximate surface area is 156 Å². The number of benzene rings is 1. The van der Waals surface area contributed by atoms with Gasteiger partial charge in [0.2, 0.25) is 0 Å². The van der Waals surface area contributed by atoms with Crippen LogP contribution in [0.25, 0.3) is 0 Å². The van der Waals surface area contributed by atoms with Gasteiger partial charge >= 0.3 is 12.2 Å². The van der Waals surface area contributed by atoms with Gasteiger partial charge in [-0.1, -0.05) is 12.1 Å². The largest absolute Gasteiger partial charge is 0.440 e. The Bertz CT molecular complexity index is 927. The van der Waals surface area contributed by atoms with Crippen LogP contribution < -0.4 is 15.5 Å². The van der Waals surface area contributed by atoms with E-state index in [1.165, 1.54) is 29.6 Å². The molecular weight excluding hydrogens is 383 g/mol. The van der Waals surface area contributed by atoms with Crippen LogP contribution in [0.15, 0.2) is 35.7 Å². The van der Waals surface area contributed by atoms with Crippen LogP contribution in [0.1, 0.15) is 20.8 Å². The molecule has 142 valence electrons. The molecule has 1 aliphatic heterocycles. The molecule has 3 rings (SSSR count). The third-order valence-electron chi connectivity index (χ3n) is 4.24. The van der Waals surface area contributed by atoms with Crippen molar-refractivity contribution in [1.82, 2.24) is 10.6 Å². The van der Waals surface area contributed by atoms with E-state index in [0.717, 1.165) is 16.9 Å². The lowest BCUT2D eigenvalue weighted by Crippen LogP contribution is -2.69. The Balaban J connectivity index is 2.02. The Morgan fingerprint density at radius 3 is 2.44 bits per heavy atom. The van der Waals surface area contributed by atoms with E-state index in [1.807, 2.05) is 0 Å². The van der Waals surface area contributed by atoms with Crippen LogP contribution in [-0.2, 0) is 4.79 Å². The van der Waals surface area contributed by atoms with Crippen LogP contribution in [0.3, 0.4) is 0 Å². The van der Waals surface area contributed by atoms with Crippen LogP contribution in [0.5, 0.6) is 0 Å². The fourth-order valence-electron chi connectivity index (χ4n) is 2.62. The van der Waals surface area contributed by atoms with Gasteiger partial charge in [0.1, 0.15) is 0 Å². The number of nitrogens with zero attached hydrogens (tertiary/aromatic N) is 1. The van der Waals surface area contributed by atoms with Crippen LogP contribution in [-0.4, -0.2) is 29.7 Å². The fourth-order valence-corrected chi connectivity index (χ4v) is 3.24. The summed E-state index contributed by atoms with van der Waals surface area (Å²) in [6, 6.07) is 5.91. The van der Waals surface area contributed by atoms with Crippen LogP contribution >= 0.6 is 11.3 Å². The maximum atomic E-state index is 13.8. The van der Waals surface area contributed by atoms with Crippen molar-refractivity contribution < 1.29 is 27.6 Å². The first-order chi connectivity index (χ1) is 12.6. The van der Waals surface area contributed by atoms with E-state index in [0.29, 0.717) is 10.5 Å². The van der Waals surface area contributed by atoms with Gasteiger partial charge in [-0.15, -0.1) is 11.3 Å². The summed E-state index contributed by atoms with van der Waals surface area (Å²) in [4.78, 5) is 37.5. The summed E-state index contributed by atoms with van der Waals surface area (Å²) >= 11 is 0.909. The maximum absolute atomic E-state index is 13.8. The first-order valence-corrected chi connectivity index (χ1v) is 8.61. The molecule has 0 spiro atoms. The van der Waals surface area contributed by atoms with Crippen LogP contribution in [0.2, 0.25) is 0 Å². The number of carbonyl (C=O) groups excluding carboxylic acids is 3. The number of imide groups is 1. The Morgan fingerprint density at radius 2 is 1.89 bits per heavy atom. The second-order valence-corrected chi connectivity index (χ2v) is 6.97. The molecule has 2 heterocycles. The van der Waals surface area contributed by atoms with Crippen molar-refractivity contribution in [3.05, 3.63) is 51.7 Å². The van der Waals surface area contributed by atoms with Crippen LogP contribution in [0, 0.1) is 13.8 Å². The number of aryl methyl sites for hydroxylation is 2. The number of halogens is 3. The molecule has 2 aromatic rings. The summed E-state index contributed by atoms with van der Waals surface area (Å²) in [6.07, 6.45) is -5.25. The lowest BCUT2D eigenvalue weighted by atomic mass is 10.1. The second kappa shape index (κ2) is 6.38. The smallest absolute Gasteiger partial charge is 0.313 e. The average Bonchev–Trinajstić information content (AvgIpc) is 3.18. The molecule has 1 atom stereocenters. The second-order valence-electron chi connectivity index (χ2n) is 6.02. The maximum Gasteiger partial charge on any atom is 0.440 e. The standard InChI is InChI=1S/C17H14F3N3O3S/c1-9-5-6-11(8-10(9)2)23-14(25)16(17(18,19)20,22-15(23)26)21-13(24)12-4-3-7-27-12/h3-8H,1-2H3,(H,21,24)(H,22,26)/t16-/m1/s1. The van der Waals surface area contributed by atoms with E-state index in [1.54, 1.807) is 30.5 Å². The van der Waals surface area contributed by atoms with Gasteiger partial charge in [-0.25, -0.2) is 9.69 Å². The number of hydrogen-bond acceptors (Lipinski definition) is 4. The highest BCUT2D eigenvalue weighted by molar-refractivity contribution is 7.12. The molecule has 1 saturated heterocycles. The topological polar surface area (TPSA) is 78.5 Å². The SMILES string of the molecule is Cc1ccc(N2C(=O)N[C@@](NC(=O)c3cccs3)(C(F)(F)F)C2=O)cc1C. The Hall–Kier alpha value is -2.88. The predicted molar refractivity (Wildman–Crippen MR) is 92.5 cm³/mol. The van der Waals surface area contributed by atoms with Gasteiger partial charge in [-0.05, 0) is 48.6 Å². The minimum atomic E-state index is -5.25. The van der Waals surface area contributed by atoms with Gasteiger partial charge in [-0.2, -0.15) is 13.2 Å². The van der Waals surface area contributed by atoms with Crippen molar-refractivity contribution in [2.24, 2.45) is 0 Å². The zero-order chi connectivity index (χ0) is 20.0. The van der Waals surface area contributed by atoms with E-state index in [4.69, 9.17) is 0 Å². The number of anilines is 1. The van der Waals surface area contributed by atoms with Crippen molar-refractivity contribution in [3.8, 4) is 0 Å². The molecular formula is C17H14F3N3O3S. The molecule has 4 amide bonds. The van der Waals surface area contributed by atoms with E-state index < -0.39 is 29.7 Å². The third-order valence-corrected chi connectivity index (χ3v) is 5.11. The van der Waals surface area contributed by atoms with Crippen molar-refractivity contribution in [3.63, 3.8) is 0 Å². The number of thiophene rings is 1. The molecule has 10 heteroatoms.